The fraction of sp³-hybridized carbons (Fsp3) is 0. The van der Waals surface area contributed by atoms with E-state index < -0.39 is 0 Å². The maximum atomic E-state index is 6.51. The molecule has 0 aliphatic rings. The summed E-state index contributed by atoms with van der Waals surface area (Å²) < 4.78 is 13.0. The summed E-state index contributed by atoms with van der Waals surface area (Å²) in [6.07, 6.45) is 0. The molecular weight excluding hydrogens is 663 g/mol. The average Bonchev–Trinajstić information content (AvgIpc) is 3.83. The van der Waals surface area contributed by atoms with Crippen molar-refractivity contribution >= 4 is 54.6 Å². The quantitative estimate of drug-likeness (QED) is 0.180. The highest BCUT2D eigenvalue weighted by atomic mass is 16.3. The van der Waals surface area contributed by atoms with Crippen LogP contribution in [0.2, 0.25) is 0 Å². The number of benzene rings is 8. The number of fused-ring (bicyclic) bond motifs is 7. The second-order valence-corrected chi connectivity index (χ2v) is 13.6. The highest BCUT2D eigenvalue weighted by molar-refractivity contribution is 6.17. The summed E-state index contributed by atoms with van der Waals surface area (Å²) in [4.78, 5) is 15.7. The van der Waals surface area contributed by atoms with Crippen molar-refractivity contribution in [1.82, 2.24) is 15.0 Å². The Morgan fingerprint density at radius 3 is 1.76 bits per heavy atom. The van der Waals surface area contributed by atoms with Crippen molar-refractivity contribution in [3.63, 3.8) is 0 Å². The lowest BCUT2D eigenvalue weighted by Crippen LogP contribution is -2.01. The number of furan rings is 2. The van der Waals surface area contributed by atoms with E-state index in [1.807, 2.05) is 60.7 Å². The van der Waals surface area contributed by atoms with E-state index in [0.717, 1.165) is 82.8 Å². The molecule has 3 aromatic heterocycles. The van der Waals surface area contributed by atoms with E-state index >= 15 is 0 Å². The Balaban J connectivity index is 1.17. The fourth-order valence-corrected chi connectivity index (χ4v) is 7.79. The zero-order chi connectivity index (χ0) is 35.6. The standard InChI is InChI=1S/C49H29N3O2/c1-2-13-31(14-3-1)36-19-10-24-42-44(36)45-39(21-11-25-43(45)53-42)48-50-47(35-17-8-16-33(29-35)34-27-26-30-12-4-5-15-32(30)28-34)51-49(52-48)40-22-9-20-38-37-18-6-7-23-41(37)54-46(38)40/h1-29H. The SMILES string of the molecule is c1ccc(-c2cccc3oc4cccc(-c5nc(-c6cccc(-c7ccc8ccccc8c7)c6)nc(-c6cccc7c6oc6ccccc67)n5)c4c23)cc1. The van der Waals surface area contributed by atoms with Gasteiger partial charge in [-0.05, 0) is 69.4 Å². The summed E-state index contributed by atoms with van der Waals surface area (Å²) in [6.45, 7) is 0. The normalized spacial score (nSPS) is 11.7. The Hall–Kier alpha value is -7.37. The summed E-state index contributed by atoms with van der Waals surface area (Å²) in [7, 11) is 0. The molecule has 0 unspecified atom stereocenters. The molecule has 0 spiro atoms. The molecule has 0 aliphatic heterocycles. The second-order valence-electron chi connectivity index (χ2n) is 13.6. The van der Waals surface area contributed by atoms with Gasteiger partial charge >= 0.3 is 0 Å². The van der Waals surface area contributed by atoms with Crippen LogP contribution in [0.15, 0.2) is 185 Å². The van der Waals surface area contributed by atoms with Crippen molar-refractivity contribution in [2.24, 2.45) is 0 Å². The van der Waals surface area contributed by atoms with Crippen LogP contribution >= 0.6 is 0 Å². The molecule has 8 aromatic carbocycles. The van der Waals surface area contributed by atoms with Crippen LogP contribution in [0.3, 0.4) is 0 Å². The van der Waals surface area contributed by atoms with Crippen LogP contribution in [0.1, 0.15) is 0 Å². The molecule has 0 atom stereocenters. The average molecular weight is 692 g/mol. The van der Waals surface area contributed by atoms with Gasteiger partial charge in [0, 0.05) is 32.7 Å². The molecule has 0 radical (unpaired) electrons. The van der Waals surface area contributed by atoms with Gasteiger partial charge in [0.15, 0.2) is 17.5 Å². The minimum atomic E-state index is 0.531. The molecule has 11 rings (SSSR count). The van der Waals surface area contributed by atoms with E-state index in [1.54, 1.807) is 0 Å². The van der Waals surface area contributed by atoms with Crippen LogP contribution in [0, 0.1) is 0 Å². The summed E-state index contributed by atoms with van der Waals surface area (Å²) in [5.74, 6) is 1.65. The van der Waals surface area contributed by atoms with Crippen molar-refractivity contribution < 1.29 is 8.83 Å². The van der Waals surface area contributed by atoms with E-state index in [2.05, 4.69) is 115 Å². The van der Waals surface area contributed by atoms with E-state index in [9.17, 15) is 0 Å². The smallest absolute Gasteiger partial charge is 0.167 e. The molecule has 0 saturated heterocycles. The van der Waals surface area contributed by atoms with Gasteiger partial charge < -0.3 is 8.83 Å². The van der Waals surface area contributed by atoms with Gasteiger partial charge in [-0.1, -0.05) is 140 Å². The number of rotatable bonds is 5. The number of para-hydroxylation sites is 2. The van der Waals surface area contributed by atoms with Crippen molar-refractivity contribution in [2.45, 2.75) is 0 Å². The Bertz CT molecular complexity index is 3230. The molecule has 0 saturated carbocycles. The van der Waals surface area contributed by atoms with Gasteiger partial charge in [0.25, 0.3) is 0 Å². The van der Waals surface area contributed by atoms with E-state index in [0.29, 0.717) is 17.5 Å². The second kappa shape index (κ2) is 12.1. The van der Waals surface area contributed by atoms with Crippen LogP contribution in [0.5, 0.6) is 0 Å². The molecule has 54 heavy (non-hydrogen) atoms. The van der Waals surface area contributed by atoms with Crippen LogP contribution in [-0.2, 0) is 0 Å². The summed E-state index contributed by atoms with van der Waals surface area (Å²) in [6, 6.07) is 60.4. The molecule has 0 bridgehead atoms. The number of hydrogen-bond acceptors (Lipinski definition) is 5. The topological polar surface area (TPSA) is 65.0 Å². The van der Waals surface area contributed by atoms with E-state index in [1.165, 1.54) is 10.8 Å². The molecule has 3 heterocycles. The lowest BCUT2D eigenvalue weighted by atomic mass is 9.97. The molecule has 0 amide bonds. The molecule has 5 heteroatoms. The van der Waals surface area contributed by atoms with E-state index in [4.69, 9.17) is 23.8 Å². The number of aromatic nitrogens is 3. The summed E-state index contributed by atoms with van der Waals surface area (Å²) >= 11 is 0. The third-order valence-electron chi connectivity index (χ3n) is 10.3. The first kappa shape index (κ1) is 30.3. The zero-order valence-corrected chi connectivity index (χ0v) is 28.9. The predicted molar refractivity (Wildman–Crippen MR) is 219 cm³/mol. The lowest BCUT2D eigenvalue weighted by Gasteiger charge is -2.11. The third-order valence-corrected chi connectivity index (χ3v) is 10.3. The maximum Gasteiger partial charge on any atom is 0.167 e. The van der Waals surface area contributed by atoms with Crippen LogP contribution in [0.25, 0.3) is 111 Å². The highest BCUT2D eigenvalue weighted by Crippen LogP contribution is 2.42. The molecule has 252 valence electrons. The molecule has 0 N–H and O–H groups in total. The van der Waals surface area contributed by atoms with Crippen LogP contribution in [0.4, 0.5) is 0 Å². The van der Waals surface area contributed by atoms with Gasteiger partial charge in [0.2, 0.25) is 0 Å². The van der Waals surface area contributed by atoms with Crippen molar-refractivity contribution in [2.75, 3.05) is 0 Å². The molecular formula is C49H29N3O2. The Kier molecular flexibility index (Phi) is 6.79. The number of hydrogen-bond donors (Lipinski definition) is 0. The minimum absolute atomic E-state index is 0.531. The van der Waals surface area contributed by atoms with Crippen molar-refractivity contribution in [1.29, 1.82) is 0 Å². The molecule has 0 fully saturated rings. The minimum Gasteiger partial charge on any atom is -0.456 e. The predicted octanol–water partition coefficient (Wildman–Crippen LogP) is 13.2. The van der Waals surface area contributed by atoms with Gasteiger partial charge in [0.1, 0.15) is 22.3 Å². The van der Waals surface area contributed by atoms with Gasteiger partial charge in [-0.15, -0.1) is 0 Å². The monoisotopic (exact) mass is 691 g/mol. The maximum absolute atomic E-state index is 6.51. The fourth-order valence-electron chi connectivity index (χ4n) is 7.79. The Labute approximate surface area is 309 Å². The largest absolute Gasteiger partial charge is 0.456 e. The summed E-state index contributed by atoms with van der Waals surface area (Å²) in [5.41, 5.74) is 10.1. The Morgan fingerprint density at radius 2 is 0.889 bits per heavy atom. The molecule has 11 aromatic rings. The third kappa shape index (κ3) is 4.90. The first-order valence-corrected chi connectivity index (χ1v) is 18.0. The zero-order valence-electron chi connectivity index (χ0n) is 28.9. The van der Waals surface area contributed by atoms with Crippen LogP contribution < -0.4 is 0 Å². The number of nitrogens with zero attached hydrogens (tertiary/aromatic N) is 3. The Morgan fingerprint density at radius 1 is 0.315 bits per heavy atom. The highest BCUT2D eigenvalue weighted by Gasteiger charge is 2.22. The van der Waals surface area contributed by atoms with Crippen LogP contribution in [-0.4, -0.2) is 15.0 Å². The van der Waals surface area contributed by atoms with Gasteiger partial charge in [-0.3, -0.25) is 0 Å². The first-order chi connectivity index (χ1) is 26.7. The lowest BCUT2D eigenvalue weighted by molar-refractivity contribution is 0.668. The summed E-state index contributed by atoms with van der Waals surface area (Å²) in [5, 5.41) is 6.45. The van der Waals surface area contributed by atoms with Gasteiger partial charge in [0.05, 0.1) is 5.56 Å². The molecule has 0 aliphatic carbocycles. The van der Waals surface area contributed by atoms with Gasteiger partial charge in [-0.25, -0.2) is 15.0 Å². The first-order valence-electron chi connectivity index (χ1n) is 18.0. The molecule has 5 nitrogen and oxygen atoms in total. The van der Waals surface area contributed by atoms with Gasteiger partial charge in [-0.2, -0.15) is 0 Å². The van der Waals surface area contributed by atoms with E-state index in [-0.39, 0.29) is 0 Å². The van der Waals surface area contributed by atoms with Crippen molar-refractivity contribution in [3.8, 4) is 56.4 Å². The van der Waals surface area contributed by atoms with Crippen molar-refractivity contribution in [3.05, 3.63) is 176 Å².